The number of carboxylic acids is 1. The lowest BCUT2D eigenvalue weighted by Crippen LogP contribution is -2.17. The van der Waals surface area contributed by atoms with Gasteiger partial charge in [-0.05, 0) is 13.0 Å². The van der Waals surface area contributed by atoms with Crippen molar-refractivity contribution in [1.82, 2.24) is 14.9 Å². The average Bonchev–Trinajstić information content (AvgIpc) is 2.59. The molecule has 0 atom stereocenters. The molecule has 1 N–H and O–H groups in total. The van der Waals surface area contributed by atoms with Crippen LogP contribution in [0.5, 0.6) is 0 Å². The van der Waals surface area contributed by atoms with Gasteiger partial charge in [0.25, 0.3) is 0 Å². The predicted octanol–water partition coefficient (Wildman–Crippen LogP) is 0.900. The quantitative estimate of drug-likeness (QED) is 0.797. The number of aromatic nitrogens is 2. The molecule has 80 valence electrons. The predicted molar refractivity (Wildman–Crippen MR) is 53.4 cm³/mol. The van der Waals surface area contributed by atoms with Crippen molar-refractivity contribution in [1.29, 1.82) is 0 Å². The van der Waals surface area contributed by atoms with Gasteiger partial charge in [0.1, 0.15) is 6.33 Å². The highest BCUT2D eigenvalue weighted by Gasteiger charge is 2.25. The van der Waals surface area contributed by atoms with Crippen molar-refractivity contribution < 1.29 is 9.90 Å². The Kier molecular flexibility index (Phi) is 2.64. The lowest BCUT2D eigenvalue weighted by molar-refractivity contribution is 0.0688. The van der Waals surface area contributed by atoms with Crippen molar-refractivity contribution in [3.05, 3.63) is 23.3 Å². The molecule has 1 aliphatic heterocycles. The molecular weight excluding hydrogens is 194 g/mol. The summed E-state index contributed by atoms with van der Waals surface area (Å²) in [5.41, 5.74) is 1.79. The Bertz CT molecular complexity index is 392. The molecule has 5 heteroatoms. The summed E-state index contributed by atoms with van der Waals surface area (Å²) < 4.78 is 0. The van der Waals surface area contributed by atoms with Crippen LogP contribution < -0.4 is 0 Å². The van der Waals surface area contributed by atoms with Crippen molar-refractivity contribution in [2.45, 2.75) is 26.4 Å². The van der Waals surface area contributed by atoms with Gasteiger partial charge in [0.05, 0.1) is 5.69 Å². The maximum absolute atomic E-state index is 10.9. The summed E-state index contributed by atoms with van der Waals surface area (Å²) in [5.74, 6) is -0.966. The van der Waals surface area contributed by atoms with E-state index in [1.807, 2.05) is 0 Å². The largest absolute Gasteiger partial charge is 0.476 e. The lowest BCUT2D eigenvalue weighted by Gasteiger charge is -2.11. The van der Waals surface area contributed by atoms with E-state index < -0.39 is 5.97 Å². The number of nitrogens with zero attached hydrogens (tertiary/aromatic N) is 3. The Labute approximate surface area is 87.8 Å². The zero-order chi connectivity index (χ0) is 10.8. The molecule has 15 heavy (non-hydrogen) atoms. The lowest BCUT2D eigenvalue weighted by atomic mass is 10.2. The molecule has 2 heterocycles. The highest BCUT2D eigenvalue weighted by molar-refractivity contribution is 5.87. The first-order chi connectivity index (χ1) is 7.22. The maximum atomic E-state index is 10.9. The van der Waals surface area contributed by atoms with Crippen molar-refractivity contribution in [2.75, 3.05) is 6.54 Å². The van der Waals surface area contributed by atoms with Crippen LogP contribution in [-0.4, -0.2) is 32.5 Å². The van der Waals surface area contributed by atoms with Gasteiger partial charge in [0.2, 0.25) is 0 Å². The highest BCUT2D eigenvalue weighted by Crippen LogP contribution is 2.22. The molecule has 1 aromatic heterocycles. The summed E-state index contributed by atoms with van der Waals surface area (Å²) in [4.78, 5) is 21.0. The molecule has 0 bridgehead atoms. The molecule has 2 rings (SSSR count). The number of aromatic carboxylic acids is 1. The molecule has 0 saturated heterocycles. The minimum atomic E-state index is -0.966. The normalized spacial score (nSPS) is 15.3. The molecule has 0 fully saturated rings. The third-order valence-corrected chi connectivity index (χ3v) is 2.53. The second kappa shape index (κ2) is 3.94. The molecule has 0 amide bonds. The van der Waals surface area contributed by atoms with E-state index in [2.05, 4.69) is 21.8 Å². The molecule has 1 aromatic rings. The number of fused-ring (bicyclic) bond motifs is 1. The van der Waals surface area contributed by atoms with E-state index >= 15 is 0 Å². The molecule has 0 aliphatic carbocycles. The third-order valence-electron chi connectivity index (χ3n) is 2.53. The first kappa shape index (κ1) is 10.0. The highest BCUT2D eigenvalue weighted by atomic mass is 16.4. The molecule has 0 saturated carbocycles. The number of carboxylic acid groups (broad SMARTS) is 1. The zero-order valence-corrected chi connectivity index (χ0v) is 8.60. The monoisotopic (exact) mass is 207 g/mol. The zero-order valence-electron chi connectivity index (χ0n) is 8.60. The van der Waals surface area contributed by atoms with Gasteiger partial charge >= 0.3 is 5.97 Å². The van der Waals surface area contributed by atoms with Crippen LogP contribution in [0, 0.1) is 0 Å². The van der Waals surface area contributed by atoms with Gasteiger partial charge in [-0.25, -0.2) is 14.8 Å². The van der Waals surface area contributed by atoms with Crippen molar-refractivity contribution in [3.63, 3.8) is 0 Å². The van der Waals surface area contributed by atoms with Crippen LogP contribution in [-0.2, 0) is 13.1 Å². The SMILES string of the molecule is CCCN1Cc2ncnc(C(=O)O)c2C1. The number of rotatable bonds is 3. The fraction of sp³-hybridized carbons (Fsp3) is 0.500. The fourth-order valence-electron chi connectivity index (χ4n) is 1.90. The summed E-state index contributed by atoms with van der Waals surface area (Å²) in [6.07, 6.45) is 2.39. The molecule has 0 radical (unpaired) electrons. The van der Waals surface area contributed by atoms with Crippen LogP contribution in [0.25, 0.3) is 0 Å². The molecule has 0 spiro atoms. The first-order valence-electron chi connectivity index (χ1n) is 5.00. The van der Waals surface area contributed by atoms with E-state index in [9.17, 15) is 4.79 Å². The third kappa shape index (κ3) is 1.83. The van der Waals surface area contributed by atoms with Gasteiger partial charge in [0.15, 0.2) is 5.69 Å². The van der Waals surface area contributed by atoms with Crippen molar-refractivity contribution in [2.24, 2.45) is 0 Å². The Morgan fingerprint density at radius 2 is 2.33 bits per heavy atom. The van der Waals surface area contributed by atoms with E-state index in [-0.39, 0.29) is 5.69 Å². The molecule has 1 aliphatic rings. The number of hydrogen-bond donors (Lipinski definition) is 1. The van der Waals surface area contributed by atoms with Gasteiger partial charge in [-0.1, -0.05) is 6.92 Å². The Morgan fingerprint density at radius 3 is 3.00 bits per heavy atom. The fourth-order valence-corrected chi connectivity index (χ4v) is 1.90. The minimum Gasteiger partial charge on any atom is -0.476 e. The van der Waals surface area contributed by atoms with Crippen molar-refractivity contribution >= 4 is 5.97 Å². The van der Waals surface area contributed by atoms with Crippen LogP contribution in [0.2, 0.25) is 0 Å². The second-order valence-electron chi connectivity index (χ2n) is 3.66. The van der Waals surface area contributed by atoms with Crippen LogP contribution >= 0.6 is 0 Å². The minimum absolute atomic E-state index is 0.151. The van der Waals surface area contributed by atoms with Crippen LogP contribution in [0.15, 0.2) is 6.33 Å². The van der Waals surface area contributed by atoms with Gasteiger partial charge in [-0.3, -0.25) is 4.90 Å². The Hall–Kier alpha value is -1.49. The van der Waals surface area contributed by atoms with E-state index in [1.54, 1.807) is 0 Å². The number of hydrogen-bond acceptors (Lipinski definition) is 4. The number of carbonyl (C=O) groups is 1. The van der Waals surface area contributed by atoms with Gasteiger partial charge < -0.3 is 5.11 Å². The van der Waals surface area contributed by atoms with Crippen LogP contribution in [0.3, 0.4) is 0 Å². The smallest absolute Gasteiger partial charge is 0.354 e. The molecule has 0 unspecified atom stereocenters. The second-order valence-corrected chi connectivity index (χ2v) is 3.66. The van der Waals surface area contributed by atoms with E-state index in [0.29, 0.717) is 6.54 Å². The van der Waals surface area contributed by atoms with Gasteiger partial charge in [-0.2, -0.15) is 0 Å². The topological polar surface area (TPSA) is 66.3 Å². The summed E-state index contributed by atoms with van der Waals surface area (Å²) in [7, 11) is 0. The molecular formula is C10H13N3O2. The summed E-state index contributed by atoms with van der Waals surface area (Å²) in [6.45, 7) is 4.47. The summed E-state index contributed by atoms with van der Waals surface area (Å²) in [6, 6.07) is 0. The van der Waals surface area contributed by atoms with Crippen molar-refractivity contribution in [3.8, 4) is 0 Å². The first-order valence-corrected chi connectivity index (χ1v) is 5.00. The maximum Gasteiger partial charge on any atom is 0.354 e. The van der Waals surface area contributed by atoms with Gasteiger partial charge in [0, 0.05) is 18.7 Å². The molecule has 5 nitrogen and oxygen atoms in total. The van der Waals surface area contributed by atoms with Gasteiger partial charge in [-0.15, -0.1) is 0 Å². The van der Waals surface area contributed by atoms with E-state index in [1.165, 1.54) is 6.33 Å². The standard InChI is InChI=1S/C10H13N3O2/c1-2-3-13-4-7-8(5-13)11-6-12-9(7)10(14)15/h6H,2-5H2,1H3,(H,14,15). The average molecular weight is 207 g/mol. The molecule has 0 aromatic carbocycles. The van der Waals surface area contributed by atoms with Crippen LogP contribution in [0.4, 0.5) is 0 Å². The Balaban J connectivity index is 2.29. The summed E-state index contributed by atoms with van der Waals surface area (Å²) in [5, 5.41) is 8.96. The summed E-state index contributed by atoms with van der Waals surface area (Å²) >= 11 is 0. The van der Waals surface area contributed by atoms with E-state index in [0.717, 1.165) is 30.8 Å². The van der Waals surface area contributed by atoms with E-state index in [4.69, 9.17) is 5.11 Å². The Morgan fingerprint density at radius 1 is 1.53 bits per heavy atom. The van der Waals surface area contributed by atoms with Crippen LogP contribution in [0.1, 0.15) is 35.1 Å².